The van der Waals surface area contributed by atoms with Crippen LogP contribution in [0.25, 0.3) is 11.1 Å². The Labute approximate surface area is 109 Å². The molecule has 2 aromatic rings. The van der Waals surface area contributed by atoms with Crippen LogP contribution in [0.15, 0.2) is 36.5 Å². The summed E-state index contributed by atoms with van der Waals surface area (Å²) in [5, 5.41) is 2.41. The summed E-state index contributed by atoms with van der Waals surface area (Å²) < 4.78 is 15.5. The molecule has 0 radical (unpaired) electrons. The highest BCUT2D eigenvalue weighted by Gasteiger charge is 2.27. The van der Waals surface area contributed by atoms with E-state index in [1.807, 2.05) is 30.3 Å². The minimum atomic E-state index is -1.71. The van der Waals surface area contributed by atoms with Crippen LogP contribution in [0.1, 0.15) is 5.69 Å². The van der Waals surface area contributed by atoms with Gasteiger partial charge in [0.25, 0.3) is 0 Å². The maximum absolute atomic E-state index is 14.1. The molecule has 1 aromatic heterocycles. The normalized spacial score (nSPS) is 11.5. The Balaban J connectivity index is 2.54. The second-order valence-electron chi connectivity index (χ2n) is 3.91. The molecule has 0 aliphatic heterocycles. The Kier molecular flexibility index (Phi) is 3.89. The molecule has 1 heterocycles. The van der Waals surface area contributed by atoms with Gasteiger partial charge in [-0.05, 0) is 5.56 Å². The van der Waals surface area contributed by atoms with Crippen LogP contribution in [-0.4, -0.2) is 16.1 Å². The Morgan fingerprint density at radius 1 is 1.33 bits per heavy atom. The van der Waals surface area contributed by atoms with E-state index >= 15 is 0 Å². The van der Waals surface area contributed by atoms with E-state index in [-0.39, 0.29) is 12.2 Å². The second kappa shape index (κ2) is 5.26. The lowest BCUT2D eigenvalue weighted by Gasteiger charge is -2.12. The molecule has 1 aromatic carbocycles. The summed E-state index contributed by atoms with van der Waals surface area (Å²) in [6.45, 7) is 0.116. The molecule has 0 saturated heterocycles. The third-order valence-corrected chi connectivity index (χ3v) is 3.02. The molecule has 0 aliphatic rings. The number of alkyl halides is 1. The van der Waals surface area contributed by atoms with Crippen LogP contribution < -0.4 is 0 Å². The van der Waals surface area contributed by atoms with Crippen LogP contribution >= 0.6 is 18.5 Å². The molecule has 0 bridgehead atoms. The van der Waals surface area contributed by atoms with E-state index in [0.717, 1.165) is 11.8 Å². The van der Waals surface area contributed by atoms with Crippen LogP contribution in [0.2, 0.25) is 0 Å². The van der Waals surface area contributed by atoms with Gasteiger partial charge in [0.1, 0.15) is 12.0 Å². The Morgan fingerprint density at radius 2 is 2.00 bits per heavy atom. The third kappa shape index (κ3) is 2.82. The van der Waals surface area contributed by atoms with Crippen molar-refractivity contribution in [2.24, 2.45) is 0 Å². The van der Waals surface area contributed by atoms with E-state index < -0.39 is 5.15 Å². The van der Waals surface area contributed by atoms with Gasteiger partial charge >= 0.3 is 0 Å². The third-order valence-electron chi connectivity index (χ3n) is 2.47. The summed E-state index contributed by atoms with van der Waals surface area (Å²) in [4.78, 5) is 10.5. The summed E-state index contributed by atoms with van der Waals surface area (Å²) in [6, 6.07) is 9.41. The molecule has 0 saturated carbocycles. The van der Waals surface area contributed by atoms with Gasteiger partial charge in [-0.15, -0.1) is 0 Å². The molecule has 0 N–H and O–H groups in total. The lowest BCUT2D eigenvalue weighted by atomic mass is 10.1. The fourth-order valence-electron chi connectivity index (χ4n) is 1.70. The highest BCUT2D eigenvalue weighted by atomic mass is 31.1. The molecule has 94 valence electrons. The first-order chi connectivity index (χ1) is 8.52. The van der Waals surface area contributed by atoms with Crippen molar-refractivity contribution in [3.8, 4) is 11.1 Å². The monoisotopic (exact) mass is 282 g/mol. The number of hydrogen-bond acceptors (Lipinski definition) is 2. The molecule has 6 heteroatoms. The minimum Gasteiger partial charge on any atom is -0.301 e. The van der Waals surface area contributed by atoms with E-state index in [4.69, 9.17) is 0 Å². The molecule has 2 rings (SSSR count). The van der Waals surface area contributed by atoms with Crippen LogP contribution in [0, 0.1) is 0 Å². The molecule has 2 atom stereocenters. The lowest BCUT2D eigenvalue weighted by molar-refractivity contribution is -0.108. The number of carbonyl (C=O) groups is 1. The maximum Gasteiger partial charge on any atom is 0.179 e. The quantitative estimate of drug-likeness (QED) is 0.638. The topological polar surface area (TPSA) is 34.9 Å². The van der Waals surface area contributed by atoms with E-state index in [1.54, 1.807) is 6.20 Å². The average molecular weight is 282 g/mol. The Morgan fingerprint density at radius 3 is 2.56 bits per heavy atom. The van der Waals surface area contributed by atoms with Crippen molar-refractivity contribution in [1.82, 2.24) is 9.78 Å². The number of aldehydes is 1. The predicted molar refractivity (Wildman–Crippen MR) is 75.9 cm³/mol. The van der Waals surface area contributed by atoms with Gasteiger partial charge in [0, 0.05) is 11.8 Å². The van der Waals surface area contributed by atoms with Gasteiger partial charge in [0.2, 0.25) is 0 Å². The van der Waals surface area contributed by atoms with E-state index in [2.05, 4.69) is 23.6 Å². The summed E-state index contributed by atoms with van der Waals surface area (Å²) in [7, 11) is 4.19. The van der Waals surface area contributed by atoms with Gasteiger partial charge in [-0.25, -0.2) is 4.39 Å². The van der Waals surface area contributed by atoms with Crippen LogP contribution in [-0.2, 0) is 16.5 Å². The molecule has 0 aliphatic carbocycles. The smallest absolute Gasteiger partial charge is 0.179 e. The standard InChI is InChI=1S/C12H13FN2OP2/c13-12(17,18)11-10(8-15(14-11)6-7-16)9-4-2-1-3-5-9/h1-5,7-8H,6,17-18H2. The van der Waals surface area contributed by atoms with Gasteiger partial charge in [0.15, 0.2) is 5.15 Å². The van der Waals surface area contributed by atoms with Crippen molar-refractivity contribution in [3.05, 3.63) is 42.2 Å². The van der Waals surface area contributed by atoms with E-state index in [1.165, 1.54) is 4.68 Å². The van der Waals surface area contributed by atoms with Crippen LogP contribution in [0.5, 0.6) is 0 Å². The molecule has 3 nitrogen and oxygen atoms in total. The SMILES string of the molecule is O=CCn1cc(-c2ccccc2)c(C(F)(P)P)n1. The first kappa shape index (κ1) is 13.3. The molecule has 0 amide bonds. The van der Waals surface area contributed by atoms with Crippen molar-refractivity contribution in [3.63, 3.8) is 0 Å². The zero-order chi connectivity index (χ0) is 13.2. The summed E-state index contributed by atoms with van der Waals surface area (Å²) in [5.74, 6) is 0. The van der Waals surface area contributed by atoms with Crippen molar-refractivity contribution >= 4 is 24.8 Å². The van der Waals surface area contributed by atoms with Crippen LogP contribution in [0.3, 0.4) is 0 Å². The fourth-order valence-corrected chi connectivity index (χ4v) is 2.13. The maximum atomic E-state index is 14.1. The van der Waals surface area contributed by atoms with Gasteiger partial charge < -0.3 is 4.79 Å². The molecule has 0 spiro atoms. The van der Waals surface area contributed by atoms with Gasteiger partial charge in [0.05, 0.1) is 6.54 Å². The zero-order valence-corrected chi connectivity index (χ0v) is 11.9. The summed E-state index contributed by atoms with van der Waals surface area (Å²) >= 11 is 0. The number of benzene rings is 1. The first-order valence-corrected chi connectivity index (χ1v) is 6.51. The van der Waals surface area contributed by atoms with Crippen LogP contribution in [0.4, 0.5) is 4.39 Å². The van der Waals surface area contributed by atoms with Crippen molar-refractivity contribution in [1.29, 1.82) is 0 Å². The minimum absolute atomic E-state index is 0.116. The summed E-state index contributed by atoms with van der Waals surface area (Å²) in [6.07, 6.45) is 2.42. The fraction of sp³-hybridized carbons (Fsp3) is 0.167. The summed E-state index contributed by atoms with van der Waals surface area (Å²) in [5.41, 5.74) is 1.84. The van der Waals surface area contributed by atoms with Crippen molar-refractivity contribution in [2.45, 2.75) is 11.7 Å². The lowest BCUT2D eigenvalue weighted by Crippen LogP contribution is -2.06. The zero-order valence-electron chi connectivity index (χ0n) is 9.58. The average Bonchev–Trinajstić information content (AvgIpc) is 2.75. The first-order valence-electron chi connectivity index (χ1n) is 5.36. The Hall–Kier alpha value is -1.11. The van der Waals surface area contributed by atoms with E-state index in [0.29, 0.717) is 5.56 Å². The second-order valence-corrected chi connectivity index (χ2v) is 6.26. The molecule has 18 heavy (non-hydrogen) atoms. The molecule has 2 unspecified atom stereocenters. The number of nitrogens with zero attached hydrogens (tertiary/aromatic N) is 2. The highest BCUT2D eigenvalue weighted by Crippen LogP contribution is 2.43. The largest absolute Gasteiger partial charge is 0.301 e. The van der Waals surface area contributed by atoms with Crippen molar-refractivity contribution < 1.29 is 9.18 Å². The Bertz CT molecular complexity index is 549. The highest BCUT2D eigenvalue weighted by molar-refractivity contribution is 7.38. The number of halogens is 1. The van der Waals surface area contributed by atoms with Gasteiger partial charge in [-0.3, -0.25) is 4.68 Å². The number of aromatic nitrogens is 2. The van der Waals surface area contributed by atoms with Gasteiger partial charge in [-0.2, -0.15) is 5.10 Å². The molecular formula is C12H13FN2OP2. The number of rotatable bonds is 4. The number of carbonyl (C=O) groups excluding carboxylic acids is 1. The van der Waals surface area contributed by atoms with E-state index in [9.17, 15) is 9.18 Å². The van der Waals surface area contributed by atoms with Crippen molar-refractivity contribution in [2.75, 3.05) is 0 Å². The van der Waals surface area contributed by atoms with Gasteiger partial charge in [-0.1, -0.05) is 48.8 Å². The number of hydrogen-bond donors (Lipinski definition) is 0. The predicted octanol–water partition coefficient (Wildman–Crippen LogP) is 2.58. The molecule has 0 fully saturated rings. The molecular weight excluding hydrogens is 269 g/mol.